The number of anilines is 1. The molecule has 4 heterocycles. The van der Waals surface area contributed by atoms with Gasteiger partial charge in [-0.15, -0.1) is 0 Å². The fraction of sp³-hybridized carbons (Fsp3) is 0.600. The quantitative estimate of drug-likeness (QED) is 0.846. The average Bonchev–Trinajstić information content (AvgIpc) is 3.29. The highest BCUT2D eigenvalue weighted by Gasteiger charge is 2.27. The fourth-order valence-corrected chi connectivity index (χ4v) is 4.15. The number of hydrogen-bond donors (Lipinski definition) is 2. The van der Waals surface area contributed by atoms with E-state index < -0.39 is 0 Å². The van der Waals surface area contributed by atoms with E-state index in [4.69, 9.17) is 0 Å². The molecule has 2 aromatic rings. The van der Waals surface area contributed by atoms with Crippen LogP contribution in [0, 0.1) is 0 Å². The number of likely N-dealkylation sites (tertiary alicyclic amines) is 1. The van der Waals surface area contributed by atoms with Crippen LogP contribution in [0.25, 0.3) is 0 Å². The first-order valence-electron chi connectivity index (χ1n) is 10.3. The molecule has 4 rings (SSSR count). The molecular weight excluding hydrogens is 354 g/mol. The van der Waals surface area contributed by atoms with E-state index in [1.807, 2.05) is 11.1 Å². The van der Waals surface area contributed by atoms with Gasteiger partial charge in [-0.25, -0.2) is 19.7 Å². The molecule has 0 bridgehead atoms. The second-order valence-electron chi connectivity index (χ2n) is 7.70. The van der Waals surface area contributed by atoms with Gasteiger partial charge in [-0.05, 0) is 32.1 Å². The lowest BCUT2D eigenvalue weighted by Gasteiger charge is -2.36. The Labute approximate surface area is 165 Å². The van der Waals surface area contributed by atoms with E-state index in [0.29, 0.717) is 5.92 Å². The molecule has 0 aromatic carbocycles. The van der Waals surface area contributed by atoms with Gasteiger partial charge in [-0.3, -0.25) is 0 Å². The van der Waals surface area contributed by atoms with Gasteiger partial charge in [-0.1, -0.05) is 6.92 Å². The SMILES string of the molecule is CCc1cc(N2CCC(NC(=O)N3CCC(c4cnc[nH]4)CC3)CC2)ncn1. The van der Waals surface area contributed by atoms with E-state index in [0.717, 1.165) is 69.8 Å². The van der Waals surface area contributed by atoms with Crippen molar-refractivity contribution in [2.75, 3.05) is 31.1 Å². The summed E-state index contributed by atoms with van der Waals surface area (Å²) in [7, 11) is 0. The molecule has 2 saturated heterocycles. The van der Waals surface area contributed by atoms with E-state index in [2.05, 4.69) is 43.1 Å². The van der Waals surface area contributed by atoms with Crippen molar-refractivity contribution < 1.29 is 4.79 Å². The molecule has 2 amide bonds. The van der Waals surface area contributed by atoms with Gasteiger partial charge < -0.3 is 20.1 Å². The average molecular weight is 384 g/mol. The highest BCUT2D eigenvalue weighted by Crippen LogP contribution is 2.26. The zero-order valence-electron chi connectivity index (χ0n) is 16.5. The summed E-state index contributed by atoms with van der Waals surface area (Å²) in [6.45, 7) is 5.52. The lowest BCUT2D eigenvalue weighted by Crippen LogP contribution is -2.51. The van der Waals surface area contributed by atoms with Crippen LogP contribution < -0.4 is 10.2 Å². The number of aryl methyl sites for hydroxylation is 1. The monoisotopic (exact) mass is 383 g/mol. The minimum absolute atomic E-state index is 0.0804. The van der Waals surface area contributed by atoms with Gasteiger partial charge in [0, 0.05) is 61.8 Å². The highest BCUT2D eigenvalue weighted by molar-refractivity contribution is 5.74. The predicted octanol–water partition coefficient (Wildman–Crippen LogP) is 2.32. The number of H-pyrrole nitrogens is 1. The second-order valence-corrected chi connectivity index (χ2v) is 7.70. The maximum atomic E-state index is 12.7. The number of imidazole rings is 1. The number of carbonyl (C=O) groups excluding carboxylic acids is 1. The van der Waals surface area contributed by atoms with Gasteiger partial charge in [0.1, 0.15) is 12.1 Å². The van der Waals surface area contributed by atoms with Crippen LogP contribution in [-0.2, 0) is 6.42 Å². The molecule has 0 unspecified atom stereocenters. The number of aromatic nitrogens is 4. The summed E-state index contributed by atoms with van der Waals surface area (Å²) < 4.78 is 0. The standard InChI is InChI=1S/C20H29N7O/c1-2-16-11-19(24-14-22-16)26-9-5-17(6-10-26)25-20(28)27-7-3-15(4-8-27)18-12-21-13-23-18/h11-15,17H,2-10H2,1H3,(H,21,23)(H,25,28). The van der Waals surface area contributed by atoms with Crippen molar-refractivity contribution in [1.82, 2.24) is 30.2 Å². The Bertz CT molecular complexity index is 763. The van der Waals surface area contributed by atoms with Crippen LogP contribution in [0.3, 0.4) is 0 Å². The molecule has 8 heteroatoms. The van der Waals surface area contributed by atoms with Crippen LogP contribution in [0.15, 0.2) is 24.9 Å². The number of urea groups is 1. The normalized spacial score (nSPS) is 19.0. The molecule has 0 radical (unpaired) electrons. The number of rotatable bonds is 4. The molecular formula is C20H29N7O. The number of aromatic amines is 1. The number of hydrogen-bond acceptors (Lipinski definition) is 5. The van der Waals surface area contributed by atoms with Gasteiger partial charge in [0.15, 0.2) is 0 Å². The van der Waals surface area contributed by atoms with Crippen LogP contribution >= 0.6 is 0 Å². The van der Waals surface area contributed by atoms with Crippen LogP contribution in [-0.4, -0.2) is 63.1 Å². The zero-order chi connectivity index (χ0) is 19.3. The van der Waals surface area contributed by atoms with Crippen molar-refractivity contribution >= 4 is 11.8 Å². The first-order valence-corrected chi connectivity index (χ1v) is 10.3. The topological polar surface area (TPSA) is 90.0 Å². The molecule has 0 spiro atoms. The third kappa shape index (κ3) is 4.26. The first-order chi connectivity index (χ1) is 13.7. The fourth-order valence-electron chi connectivity index (χ4n) is 4.15. The summed E-state index contributed by atoms with van der Waals surface area (Å²) >= 11 is 0. The third-order valence-electron chi connectivity index (χ3n) is 5.96. The molecule has 8 nitrogen and oxygen atoms in total. The molecule has 0 atom stereocenters. The maximum Gasteiger partial charge on any atom is 0.317 e. The molecule has 2 N–H and O–H groups in total. The second kappa shape index (κ2) is 8.58. The molecule has 28 heavy (non-hydrogen) atoms. The van der Waals surface area contributed by atoms with Crippen molar-refractivity contribution in [3.8, 4) is 0 Å². The Kier molecular flexibility index (Phi) is 5.73. The summed E-state index contributed by atoms with van der Waals surface area (Å²) in [5, 5.41) is 3.24. The minimum atomic E-state index is 0.0804. The van der Waals surface area contributed by atoms with Crippen molar-refractivity contribution in [3.05, 3.63) is 36.3 Å². The Morgan fingerprint density at radius 1 is 1.18 bits per heavy atom. The van der Waals surface area contributed by atoms with Gasteiger partial charge >= 0.3 is 6.03 Å². The third-order valence-corrected chi connectivity index (χ3v) is 5.96. The first kappa shape index (κ1) is 18.7. The molecule has 2 aliphatic heterocycles. The summed E-state index contributed by atoms with van der Waals surface area (Å²) in [5.74, 6) is 1.48. The minimum Gasteiger partial charge on any atom is -0.356 e. The van der Waals surface area contributed by atoms with Crippen LogP contribution in [0.2, 0.25) is 0 Å². The van der Waals surface area contributed by atoms with Gasteiger partial charge in [0.25, 0.3) is 0 Å². The maximum absolute atomic E-state index is 12.7. The molecule has 150 valence electrons. The summed E-state index contributed by atoms with van der Waals surface area (Å²) in [6, 6.07) is 2.39. The Hall–Kier alpha value is -2.64. The smallest absolute Gasteiger partial charge is 0.317 e. The van der Waals surface area contributed by atoms with E-state index in [1.165, 1.54) is 5.69 Å². The van der Waals surface area contributed by atoms with E-state index >= 15 is 0 Å². The predicted molar refractivity (Wildman–Crippen MR) is 107 cm³/mol. The Morgan fingerprint density at radius 3 is 2.64 bits per heavy atom. The van der Waals surface area contributed by atoms with Gasteiger partial charge in [0.2, 0.25) is 0 Å². The van der Waals surface area contributed by atoms with Crippen molar-refractivity contribution in [3.63, 3.8) is 0 Å². The Balaban J connectivity index is 1.23. The molecule has 0 aliphatic carbocycles. The number of nitrogens with one attached hydrogen (secondary N) is 2. The van der Waals surface area contributed by atoms with E-state index in [-0.39, 0.29) is 12.1 Å². The van der Waals surface area contributed by atoms with Gasteiger partial charge in [-0.2, -0.15) is 0 Å². The van der Waals surface area contributed by atoms with Gasteiger partial charge in [0.05, 0.1) is 6.33 Å². The van der Waals surface area contributed by atoms with Crippen molar-refractivity contribution in [2.45, 2.75) is 51.0 Å². The van der Waals surface area contributed by atoms with E-state index in [9.17, 15) is 4.79 Å². The van der Waals surface area contributed by atoms with E-state index in [1.54, 1.807) is 12.7 Å². The molecule has 0 saturated carbocycles. The van der Waals surface area contributed by atoms with Crippen molar-refractivity contribution in [2.24, 2.45) is 0 Å². The lowest BCUT2D eigenvalue weighted by atomic mass is 9.94. The number of carbonyl (C=O) groups is 1. The largest absolute Gasteiger partial charge is 0.356 e. The number of amides is 2. The zero-order valence-corrected chi connectivity index (χ0v) is 16.5. The summed E-state index contributed by atoms with van der Waals surface area (Å²) in [5.41, 5.74) is 2.25. The molecule has 2 fully saturated rings. The lowest BCUT2D eigenvalue weighted by molar-refractivity contribution is 0.175. The highest BCUT2D eigenvalue weighted by atomic mass is 16.2. The van der Waals surface area contributed by atoms with Crippen molar-refractivity contribution in [1.29, 1.82) is 0 Å². The van der Waals surface area contributed by atoms with Crippen LogP contribution in [0.5, 0.6) is 0 Å². The summed E-state index contributed by atoms with van der Waals surface area (Å²) in [6.07, 6.45) is 10.1. The molecule has 2 aromatic heterocycles. The summed E-state index contributed by atoms with van der Waals surface area (Å²) in [4.78, 5) is 32.9. The number of piperidine rings is 2. The van der Waals surface area contributed by atoms with Crippen LogP contribution in [0.4, 0.5) is 10.6 Å². The molecule has 2 aliphatic rings. The van der Waals surface area contributed by atoms with Crippen LogP contribution in [0.1, 0.15) is 49.9 Å². The number of nitrogens with zero attached hydrogens (tertiary/aromatic N) is 5. The Morgan fingerprint density at radius 2 is 1.96 bits per heavy atom.